The molecule has 1 aromatic carbocycles. The maximum atomic E-state index is 11.8. The highest BCUT2D eigenvalue weighted by atomic mass is 32.2. The van der Waals surface area contributed by atoms with Crippen molar-refractivity contribution in [2.24, 2.45) is 11.8 Å². The molecule has 0 radical (unpaired) electrons. The van der Waals surface area contributed by atoms with Gasteiger partial charge in [-0.25, -0.2) is 13.1 Å². The van der Waals surface area contributed by atoms with E-state index in [0.29, 0.717) is 17.5 Å². The lowest BCUT2D eigenvalue weighted by Crippen LogP contribution is -2.39. The largest absolute Gasteiger partial charge is 0.365 e. The quantitative estimate of drug-likeness (QED) is 0.674. The lowest BCUT2D eigenvalue weighted by Gasteiger charge is -2.36. The summed E-state index contributed by atoms with van der Waals surface area (Å²) in [6.45, 7) is 5.72. The van der Waals surface area contributed by atoms with Gasteiger partial charge in [0.05, 0.1) is 9.82 Å². The standard InChI is InChI=1S/C14H21N3O4S/c1-10-6-11(2)9-16(8-10)13-5-4-12(22(20,21)15-3)7-14(13)17(18)19/h4-5,7,10-11,15H,6,8-9H2,1-3H3/t10-,11-/m1/s1. The summed E-state index contributed by atoms with van der Waals surface area (Å²) in [6, 6.07) is 4.08. The van der Waals surface area contributed by atoms with Gasteiger partial charge >= 0.3 is 0 Å². The molecule has 2 rings (SSSR count). The number of nitro groups is 1. The molecule has 22 heavy (non-hydrogen) atoms. The number of nitro benzene ring substituents is 1. The van der Waals surface area contributed by atoms with Crippen molar-refractivity contribution in [2.45, 2.75) is 25.2 Å². The minimum absolute atomic E-state index is 0.0939. The summed E-state index contributed by atoms with van der Waals surface area (Å²) in [7, 11) is -2.42. The lowest BCUT2D eigenvalue weighted by molar-refractivity contribution is -0.384. The molecule has 0 aromatic heterocycles. The smallest absolute Gasteiger partial charge is 0.293 e. The van der Waals surface area contributed by atoms with Gasteiger partial charge in [0, 0.05) is 19.2 Å². The Balaban J connectivity index is 2.46. The molecule has 0 amide bonds. The molecule has 2 atom stereocenters. The van der Waals surface area contributed by atoms with Crippen LogP contribution < -0.4 is 9.62 Å². The van der Waals surface area contributed by atoms with E-state index in [0.717, 1.165) is 25.6 Å². The predicted octanol–water partition coefficient (Wildman–Crippen LogP) is 1.99. The Morgan fingerprint density at radius 2 is 1.86 bits per heavy atom. The Morgan fingerprint density at radius 3 is 2.36 bits per heavy atom. The number of nitrogens with zero attached hydrogens (tertiary/aromatic N) is 2. The first-order chi connectivity index (χ1) is 10.2. The number of hydrogen-bond donors (Lipinski definition) is 1. The van der Waals surface area contributed by atoms with Crippen LogP contribution in [0.25, 0.3) is 0 Å². The molecule has 0 bridgehead atoms. The second-order valence-electron chi connectivity index (χ2n) is 5.97. The number of nitrogens with one attached hydrogen (secondary N) is 1. The van der Waals surface area contributed by atoms with Gasteiger partial charge in [0.15, 0.2) is 0 Å². The average molecular weight is 327 g/mol. The van der Waals surface area contributed by atoms with Crippen LogP contribution >= 0.6 is 0 Å². The van der Waals surface area contributed by atoms with Gasteiger partial charge in [-0.05, 0) is 37.4 Å². The van der Waals surface area contributed by atoms with Gasteiger partial charge in [-0.3, -0.25) is 10.1 Å². The van der Waals surface area contributed by atoms with Gasteiger partial charge in [-0.1, -0.05) is 13.8 Å². The summed E-state index contributed by atoms with van der Waals surface area (Å²) in [5, 5.41) is 11.4. The van der Waals surface area contributed by atoms with Gasteiger partial charge in [-0.15, -0.1) is 0 Å². The van der Waals surface area contributed by atoms with Crippen LogP contribution in [-0.2, 0) is 10.0 Å². The number of anilines is 1. The molecule has 0 aliphatic carbocycles. The first-order valence-electron chi connectivity index (χ1n) is 7.21. The monoisotopic (exact) mass is 327 g/mol. The summed E-state index contributed by atoms with van der Waals surface area (Å²) in [5.74, 6) is 0.896. The van der Waals surface area contributed by atoms with Crippen LogP contribution in [0.3, 0.4) is 0 Å². The van der Waals surface area contributed by atoms with Gasteiger partial charge in [-0.2, -0.15) is 0 Å². The average Bonchev–Trinajstić information content (AvgIpc) is 2.45. The zero-order valence-electron chi connectivity index (χ0n) is 12.9. The summed E-state index contributed by atoms with van der Waals surface area (Å²) < 4.78 is 25.8. The fourth-order valence-electron chi connectivity index (χ4n) is 3.06. The maximum Gasteiger partial charge on any atom is 0.293 e. The molecule has 8 heteroatoms. The van der Waals surface area contributed by atoms with Crippen LogP contribution in [0.1, 0.15) is 20.3 Å². The highest BCUT2D eigenvalue weighted by Gasteiger charge is 2.28. The minimum atomic E-state index is -3.70. The highest BCUT2D eigenvalue weighted by molar-refractivity contribution is 7.89. The Kier molecular flexibility index (Phi) is 4.72. The second kappa shape index (κ2) is 6.21. The third kappa shape index (κ3) is 3.38. The zero-order chi connectivity index (χ0) is 16.5. The number of piperidine rings is 1. The molecule has 122 valence electrons. The van der Waals surface area contributed by atoms with E-state index in [1.54, 1.807) is 0 Å². The molecule has 0 spiro atoms. The van der Waals surface area contributed by atoms with Crippen molar-refractivity contribution < 1.29 is 13.3 Å². The Bertz CT molecular complexity index is 665. The van der Waals surface area contributed by atoms with Crippen LogP contribution in [0.2, 0.25) is 0 Å². The SMILES string of the molecule is CNS(=O)(=O)c1ccc(N2C[C@H](C)C[C@@H](C)C2)c([N+](=O)[O-])c1. The molecule has 7 nitrogen and oxygen atoms in total. The van der Waals surface area contributed by atoms with Crippen LogP contribution in [0, 0.1) is 22.0 Å². The summed E-state index contributed by atoms with van der Waals surface area (Å²) in [4.78, 5) is 12.7. The normalized spacial score (nSPS) is 22.6. The maximum absolute atomic E-state index is 11.8. The third-order valence-corrected chi connectivity index (χ3v) is 5.34. The Hall–Kier alpha value is -1.67. The number of rotatable bonds is 4. The third-order valence-electron chi connectivity index (χ3n) is 3.93. The van der Waals surface area contributed by atoms with Crippen LogP contribution in [0.15, 0.2) is 23.1 Å². The summed E-state index contributed by atoms with van der Waals surface area (Å²) >= 11 is 0. The van der Waals surface area contributed by atoms with Gasteiger partial charge in [0.1, 0.15) is 5.69 Å². The van der Waals surface area contributed by atoms with Crippen LogP contribution in [-0.4, -0.2) is 33.5 Å². The number of sulfonamides is 1. The molecular formula is C14H21N3O4S. The van der Waals surface area contributed by atoms with E-state index in [1.165, 1.54) is 19.2 Å². The molecule has 1 N–H and O–H groups in total. The van der Waals surface area contributed by atoms with E-state index in [-0.39, 0.29) is 10.6 Å². The highest BCUT2D eigenvalue weighted by Crippen LogP contribution is 2.34. The van der Waals surface area contributed by atoms with Crippen molar-refractivity contribution in [3.63, 3.8) is 0 Å². The molecular weight excluding hydrogens is 306 g/mol. The summed E-state index contributed by atoms with van der Waals surface area (Å²) in [5.41, 5.74) is 0.316. The molecule has 1 heterocycles. The molecule has 1 aliphatic heterocycles. The molecule has 0 unspecified atom stereocenters. The van der Waals surface area contributed by atoms with Crippen molar-refractivity contribution in [1.29, 1.82) is 0 Å². The van der Waals surface area contributed by atoms with E-state index in [2.05, 4.69) is 18.6 Å². The fraction of sp³-hybridized carbons (Fsp3) is 0.571. The number of benzene rings is 1. The van der Waals surface area contributed by atoms with Gasteiger partial charge in [0.2, 0.25) is 10.0 Å². The zero-order valence-corrected chi connectivity index (χ0v) is 13.8. The Morgan fingerprint density at radius 1 is 1.27 bits per heavy atom. The van der Waals surface area contributed by atoms with Crippen molar-refractivity contribution in [2.75, 3.05) is 25.0 Å². The van der Waals surface area contributed by atoms with E-state index in [4.69, 9.17) is 0 Å². The van der Waals surface area contributed by atoms with Crippen molar-refractivity contribution >= 4 is 21.4 Å². The predicted molar refractivity (Wildman–Crippen MR) is 84.5 cm³/mol. The van der Waals surface area contributed by atoms with Gasteiger partial charge in [0.25, 0.3) is 5.69 Å². The van der Waals surface area contributed by atoms with E-state index in [1.807, 2.05) is 4.90 Å². The van der Waals surface area contributed by atoms with Crippen LogP contribution in [0.4, 0.5) is 11.4 Å². The van der Waals surface area contributed by atoms with Crippen molar-refractivity contribution in [3.8, 4) is 0 Å². The second-order valence-corrected chi connectivity index (χ2v) is 7.85. The van der Waals surface area contributed by atoms with E-state index in [9.17, 15) is 18.5 Å². The molecule has 1 aromatic rings. The number of hydrogen-bond acceptors (Lipinski definition) is 5. The minimum Gasteiger partial charge on any atom is -0.365 e. The Labute approximate surface area is 130 Å². The molecule has 0 saturated carbocycles. The molecule has 1 fully saturated rings. The van der Waals surface area contributed by atoms with Crippen LogP contribution in [0.5, 0.6) is 0 Å². The topological polar surface area (TPSA) is 92.6 Å². The van der Waals surface area contributed by atoms with Crippen molar-refractivity contribution in [3.05, 3.63) is 28.3 Å². The first kappa shape index (κ1) is 16.7. The fourth-order valence-corrected chi connectivity index (χ4v) is 3.81. The van der Waals surface area contributed by atoms with E-state index < -0.39 is 14.9 Å². The van der Waals surface area contributed by atoms with Crippen molar-refractivity contribution in [1.82, 2.24) is 4.72 Å². The van der Waals surface area contributed by atoms with E-state index >= 15 is 0 Å². The first-order valence-corrected chi connectivity index (χ1v) is 8.70. The lowest BCUT2D eigenvalue weighted by atomic mass is 9.91. The summed E-state index contributed by atoms with van der Waals surface area (Å²) in [6.07, 6.45) is 1.09. The van der Waals surface area contributed by atoms with Gasteiger partial charge < -0.3 is 4.90 Å². The molecule has 1 saturated heterocycles. The molecule has 1 aliphatic rings.